The fraction of sp³-hybridized carbons (Fsp3) is 0.446. The summed E-state index contributed by atoms with van der Waals surface area (Å²) in [6.07, 6.45) is -3.97. The monoisotopic (exact) mass is 1450 g/mol. The van der Waals surface area contributed by atoms with Crippen molar-refractivity contribution in [2.45, 2.75) is 106 Å². The Morgan fingerprint density at radius 1 is 0.650 bits per heavy atom. The summed E-state index contributed by atoms with van der Waals surface area (Å²) in [5.74, 6) is -1.76. The molecular weight excluding hydrogens is 1370 g/mol. The highest BCUT2D eigenvalue weighted by molar-refractivity contribution is 5.96. The number of rotatable bonds is 22. The smallest absolute Gasteiger partial charge is 0.416 e. The van der Waals surface area contributed by atoms with Gasteiger partial charge in [0.15, 0.2) is 0 Å². The molecular formula is C74H86Cl3F7N8O8. The molecule has 16 nitrogen and oxygen atoms in total. The van der Waals surface area contributed by atoms with E-state index in [1.807, 2.05) is 98.0 Å². The first-order valence-corrected chi connectivity index (χ1v) is 33.5. The second-order valence-electron chi connectivity index (χ2n) is 26.1. The number of ether oxygens (including phenoxy) is 3. The Kier molecular flexibility index (Phi) is 27.3. The first-order chi connectivity index (χ1) is 46.6. The summed E-state index contributed by atoms with van der Waals surface area (Å²) in [4.78, 5) is 78.4. The lowest BCUT2D eigenvalue weighted by molar-refractivity contribution is -0.143. The Bertz CT molecular complexity index is 3680. The number of hydrogen-bond acceptors (Lipinski definition) is 11. The number of hydrogen-bond donors (Lipinski definition) is 2. The molecule has 4 heterocycles. The van der Waals surface area contributed by atoms with E-state index in [4.69, 9.17) is 14.2 Å². The minimum Gasteiger partial charge on any atom is -0.446 e. The number of likely N-dealkylation sites (tertiary alicyclic amines) is 2. The van der Waals surface area contributed by atoms with E-state index in [2.05, 4.69) is 32.6 Å². The molecule has 0 saturated carbocycles. The van der Waals surface area contributed by atoms with Crippen molar-refractivity contribution in [1.29, 1.82) is 0 Å². The third-order valence-electron chi connectivity index (χ3n) is 19.9. The number of amides is 5. The van der Waals surface area contributed by atoms with Gasteiger partial charge in [-0.2, -0.15) is 26.3 Å². The van der Waals surface area contributed by atoms with Gasteiger partial charge in [0.1, 0.15) is 30.9 Å². The number of anilines is 2. The molecule has 5 aliphatic rings. The predicted molar refractivity (Wildman–Crippen MR) is 375 cm³/mol. The Morgan fingerprint density at radius 3 is 1.98 bits per heavy atom. The highest BCUT2D eigenvalue weighted by Gasteiger charge is 2.50. The topological polar surface area (TPSA) is 157 Å². The molecule has 11 rings (SSSR count). The minimum atomic E-state index is -5.15. The van der Waals surface area contributed by atoms with Crippen LogP contribution >= 0.6 is 37.2 Å². The summed E-state index contributed by atoms with van der Waals surface area (Å²) in [5, 5.41) is 6.37. The van der Waals surface area contributed by atoms with E-state index in [1.165, 1.54) is 29.8 Å². The van der Waals surface area contributed by atoms with E-state index >= 15 is 0 Å². The molecule has 1 spiro atoms. The maximum Gasteiger partial charge on any atom is 0.416 e. The van der Waals surface area contributed by atoms with Crippen LogP contribution in [0.4, 0.5) is 46.9 Å². The van der Waals surface area contributed by atoms with Crippen LogP contribution in [0.3, 0.4) is 0 Å². The Hall–Kier alpha value is -7.51. The second kappa shape index (κ2) is 34.9. The van der Waals surface area contributed by atoms with E-state index < -0.39 is 64.6 Å². The minimum absolute atomic E-state index is 0. The van der Waals surface area contributed by atoms with Crippen LogP contribution in [-0.2, 0) is 53.6 Å². The largest absolute Gasteiger partial charge is 0.446 e. The number of halogens is 10. The summed E-state index contributed by atoms with van der Waals surface area (Å²) in [6.45, 7) is 6.19. The van der Waals surface area contributed by atoms with Gasteiger partial charge in [0, 0.05) is 107 Å². The highest BCUT2D eigenvalue weighted by atomic mass is 35.5. The van der Waals surface area contributed by atoms with Gasteiger partial charge in [-0.25, -0.2) is 9.18 Å². The maximum atomic E-state index is 14.3. The zero-order valence-corrected chi connectivity index (χ0v) is 58.2. The molecule has 2 atom stereocenters. The number of benzene rings is 6. The number of nitrogens with zero attached hydrogens (tertiary/aromatic N) is 6. The molecule has 4 saturated heterocycles. The molecule has 0 radical (unpaired) electrons. The lowest BCUT2D eigenvalue weighted by Crippen LogP contribution is -2.50. The van der Waals surface area contributed by atoms with Crippen LogP contribution in [0, 0.1) is 5.82 Å². The summed E-state index contributed by atoms with van der Waals surface area (Å²) in [6, 6.07) is 39.4. The number of likely N-dealkylation sites (N-methyl/N-ethyl adjacent to an activating group) is 1. The second-order valence-corrected chi connectivity index (χ2v) is 26.1. The SMILES string of the molecule is CN(CCN1CCC(OC(=O)Nc2ccccc2-c2ccccc2)CC1)C(=O)CCCCCNc1ccc(C(=O)N2CCCN(C(=O)CO[C@H]3Cc4ccccc4C34CCN(CC[C@@]3(c5ccc(F)cc5)CN(C(=O)c5cc(C(F)(F)F)cc(C(F)(F)F)c5)CO3)CC4)CC2)cc1.Cl.Cl.Cl. The molecule has 6 aromatic carbocycles. The van der Waals surface area contributed by atoms with Crippen molar-refractivity contribution in [3.05, 3.63) is 190 Å². The van der Waals surface area contributed by atoms with Crippen molar-refractivity contribution in [2.24, 2.45) is 0 Å². The molecule has 0 aromatic heterocycles. The molecule has 6 aromatic rings. The van der Waals surface area contributed by atoms with Crippen LogP contribution in [0.2, 0.25) is 0 Å². The average molecular weight is 1450 g/mol. The van der Waals surface area contributed by atoms with Crippen molar-refractivity contribution in [1.82, 2.24) is 29.4 Å². The number of para-hydroxylation sites is 1. The van der Waals surface area contributed by atoms with Crippen LogP contribution in [0.15, 0.2) is 146 Å². The van der Waals surface area contributed by atoms with E-state index in [-0.39, 0.29) is 92.8 Å². The number of alkyl halides is 6. The van der Waals surface area contributed by atoms with Crippen LogP contribution in [0.5, 0.6) is 0 Å². The number of carbonyl (C=O) groups is 5. The van der Waals surface area contributed by atoms with Gasteiger partial charge in [-0.15, -0.1) is 37.2 Å². The molecule has 4 fully saturated rings. The van der Waals surface area contributed by atoms with Gasteiger partial charge in [-0.3, -0.25) is 24.5 Å². The van der Waals surface area contributed by atoms with E-state index in [0.29, 0.717) is 120 Å². The van der Waals surface area contributed by atoms with Crippen LogP contribution in [0.25, 0.3) is 11.1 Å². The zero-order chi connectivity index (χ0) is 68.3. The van der Waals surface area contributed by atoms with Gasteiger partial charge in [0.2, 0.25) is 11.8 Å². The number of piperidine rings is 2. The van der Waals surface area contributed by atoms with Crippen molar-refractivity contribution in [3.63, 3.8) is 0 Å². The van der Waals surface area contributed by atoms with Gasteiger partial charge >= 0.3 is 18.4 Å². The maximum absolute atomic E-state index is 14.3. The zero-order valence-electron chi connectivity index (χ0n) is 55.7. The van der Waals surface area contributed by atoms with E-state index in [0.717, 1.165) is 79.0 Å². The standard InChI is InChI=1S/C74H83F7N8O8.3ClH/c1-84(41-42-85-36-28-61(29-37-85)97-70(94)83-64-18-10-8-16-62(64)52-13-4-2-5-14-52)66(90)19-6-3-11-33-82-60-26-20-53(21-27-60)68(92)88-35-12-34-87(43-44-88)67(91)49-95-65-47-54-15-7-9-17-63(54)71(65)30-38-86(39-31-71)40-32-72(56-22-24-59(75)25-23-56)50-89(51-96-72)69(93)55-45-57(73(76,77)78)48-58(46-55)74(79,80)81;;;/h2,4-5,7-10,13-18,20-27,45-46,48,61,65,82H,3,6,11-12,19,28-44,47,49-51H2,1H3,(H,83,94);3*1H/t65-,72-;;;/m0.../s1. The Morgan fingerprint density at radius 2 is 1.28 bits per heavy atom. The molecule has 540 valence electrons. The summed E-state index contributed by atoms with van der Waals surface area (Å²) >= 11 is 0. The quantitative estimate of drug-likeness (QED) is 0.0493. The van der Waals surface area contributed by atoms with Crippen LogP contribution in [-0.4, -0.2) is 177 Å². The lowest BCUT2D eigenvalue weighted by atomic mass is 9.72. The highest BCUT2D eigenvalue weighted by Crippen LogP contribution is 2.49. The average Bonchev–Trinajstić information content (AvgIpc) is 1.54. The van der Waals surface area contributed by atoms with Gasteiger partial charge in [0.25, 0.3) is 11.8 Å². The molecule has 26 heteroatoms. The molecule has 2 N–H and O–H groups in total. The van der Waals surface area contributed by atoms with Crippen molar-refractivity contribution in [2.75, 3.05) is 116 Å². The molecule has 1 aliphatic carbocycles. The number of fused-ring (bicyclic) bond motifs is 2. The number of unbranched alkanes of at least 4 members (excludes halogenated alkanes) is 2. The summed E-state index contributed by atoms with van der Waals surface area (Å²) in [7, 11) is 1.85. The summed E-state index contributed by atoms with van der Waals surface area (Å²) in [5.41, 5.74) is 1.20. The molecule has 5 amide bonds. The van der Waals surface area contributed by atoms with Crippen molar-refractivity contribution >= 4 is 78.3 Å². The summed E-state index contributed by atoms with van der Waals surface area (Å²) < 4.78 is 116. The molecule has 100 heavy (non-hydrogen) atoms. The molecule has 4 aliphatic heterocycles. The normalized spacial score (nSPS) is 18.8. The fourth-order valence-corrected chi connectivity index (χ4v) is 14.3. The van der Waals surface area contributed by atoms with Gasteiger partial charge in [0.05, 0.1) is 29.5 Å². The van der Waals surface area contributed by atoms with Crippen LogP contribution in [0.1, 0.15) is 113 Å². The third-order valence-corrected chi connectivity index (χ3v) is 19.9. The number of nitrogens with one attached hydrogen (secondary N) is 2. The van der Waals surface area contributed by atoms with E-state index in [1.54, 1.807) is 14.7 Å². The Balaban J connectivity index is 0.00000424. The van der Waals surface area contributed by atoms with Gasteiger partial charge < -0.3 is 48.9 Å². The van der Waals surface area contributed by atoms with Gasteiger partial charge in [-0.05, 0) is 154 Å². The first kappa shape index (κ1) is 78.2. The molecule has 0 unspecified atom stereocenters. The predicted octanol–water partition coefficient (Wildman–Crippen LogP) is 14.0. The van der Waals surface area contributed by atoms with Crippen LogP contribution < -0.4 is 10.6 Å². The van der Waals surface area contributed by atoms with E-state index in [9.17, 15) is 54.7 Å². The van der Waals surface area contributed by atoms with Gasteiger partial charge in [-0.1, -0.05) is 91.3 Å². The lowest BCUT2D eigenvalue weighted by Gasteiger charge is -2.44. The van der Waals surface area contributed by atoms with Crippen molar-refractivity contribution < 1.29 is 68.9 Å². The van der Waals surface area contributed by atoms with Crippen molar-refractivity contribution in [3.8, 4) is 11.1 Å². The molecule has 0 bridgehead atoms. The third kappa shape index (κ3) is 19.4. The first-order valence-electron chi connectivity index (χ1n) is 33.5. The number of carbonyl (C=O) groups excluding carboxylic acids is 5. The Labute approximate surface area is 597 Å². The fourth-order valence-electron chi connectivity index (χ4n) is 14.3.